The molecule has 6 nitrogen and oxygen atoms in total. The fourth-order valence-corrected chi connectivity index (χ4v) is 3.71. The summed E-state index contributed by atoms with van der Waals surface area (Å²) >= 11 is 3.03. The third-order valence-electron chi connectivity index (χ3n) is 3.28. The largest absolute Gasteiger partial charge is 0.480 e. The van der Waals surface area contributed by atoms with Gasteiger partial charge in [-0.1, -0.05) is 0 Å². The topological polar surface area (TPSA) is 91.3 Å². The van der Waals surface area contributed by atoms with Crippen molar-refractivity contribution >= 4 is 40.2 Å². The Hall–Kier alpha value is -1.28. The molecule has 0 bridgehead atoms. The predicted molar refractivity (Wildman–Crippen MR) is 85.3 cm³/mol. The lowest BCUT2D eigenvalue weighted by Gasteiger charge is -2.13. The SMILES string of the molecule is CSCC[C@@H](NC(=O)Nc1nc2c(s1)CCCC2)C(=O)O. The number of fused-ring (bicyclic) bond motifs is 1. The highest BCUT2D eigenvalue weighted by Crippen LogP contribution is 2.29. The van der Waals surface area contributed by atoms with Crippen LogP contribution in [0.25, 0.3) is 0 Å². The second-order valence-electron chi connectivity index (χ2n) is 4.87. The maximum atomic E-state index is 11.9. The Balaban J connectivity index is 1.91. The zero-order valence-corrected chi connectivity index (χ0v) is 13.5. The number of hydrogen-bond donors (Lipinski definition) is 3. The number of hydrogen-bond acceptors (Lipinski definition) is 5. The smallest absolute Gasteiger partial charge is 0.326 e. The van der Waals surface area contributed by atoms with E-state index in [1.54, 1.807) is 11.8 Å². The van der Waals surface area contributed by atoms with Crippen LogP contribution in [0.1, 0.15) is 29.8 Å². The fourth-order valence-electron chi connectivity index (χ4n) is 2.19. The number of thioether (sulfide) groups is 1. The van der Waals surface area contributed by atoms with Gasteiger partial charge in [0.2, 0.25) is 0 Å². The monoisotopic (exact) mass is 329 g/mol. The van der Waals surface area contributed by atoms with Gasteiger partial charge >= 0.3 is 12.0 Å². The van der Waals surface area contributed by atoms with Crippen molar-refractivity contribution < 1.29 is 14.7 Å². The number of anilines is 1. The molecule has 1 aliphatic rings. The molecule has 21 heavy (non-hydrogen) atoms. The van der Waals surface area contributed by atoms with Crippen molar-refractivity contribution in [2.45, 2.75) is 38.1 Å². The van der Waals surface area contributed by atoms with Gasteiger partial charge in [0.05, 0.1) is 5.69 Å². The number of carbonyl (C=O) groups excluding carboxylic acids is 1. The Labute approximate surface area is 131 Å². The Morgan fingerprint density at radius 1 is 1.43 bits per heavy atom. The van der Waals surface area contributed by atoms with Gasteiger partial charge in [-0.15, -0.1) is 11.3 Å². The molecule has 0 saturated heterocycles. The lowest BCUT2D eigenvalue weighted by atomic mass is 10.0. The van der Waals surface area contributed by atoms with Crippen LogP contribution < -0.4 is 10.6 Å². The molecule has 8 heteroatoms. The summed E-state index contributed by atoms with van der Waals surface area (Å²) in [5.74, 6) is -0.333. The summed E-state index contributed by atoms with van der Waals surface area (Å²) in [6.07, 6.45) is 6.58. The van der Waals surface area contributed by atoms with Gasteiger partial charge in [0.15, 0.2) is 5.13 Å². The summed E-state index contributed by atoms with van der Waals surface area (Å²) in [4.78, 5) is 28.6. The van der Waals surface area contributed by atoms with Crippen molar-refractivity contribution in [1.82, 2.24) is 10.3 Å². The predicted octanol–water partition coefficient (Wildman–Crippen LogP) is 2.35. The Bertz CT molecular complexity index is 495. The van der Waals surface area contributed by atoms with Gasteiger partial charge in [-0.3, -0.25) is 5.32 Å². The van der Waals surface area contributed by atoms with Crippen molar-refractivity contribution in [1.29, 1.82) is 0 Å². The van der Waals surface area contributed by atoms with Crippen molar-refractivity contribution in [3.05, 3.63) is 10.6 Å². The maximum Gasteiger partial charge on any atom is 0.326 e. The number of aromatic nitrogens is 1. The molecule has 1 aliphatic carbocycles. The van der Waals surface area contributed by atoms with Crippen molar-refractivity contribution in [3.63, 3.8) is 0 Å². The van der Waals surface area contributed by atoms with Gasteiger partial charge in [0.25, 0.3) is 0 Å². The standard InChI is InChI=1S/C13H19N3O3S2/c1-20-7-6-9(11(17)18)14-12(19)16-13-15-8-4-2-3-5-10(8)21-13/h9H,2-7H2,1H3,(H,17,18)(H2,14,15,16,19)/t9-/m1/s1. The zero-order chi connectivity index (χ0) is 15.2. The summed E-state index contributed by atoms with van der Waals surface area (Å²) in [6.45, 7) is 0. The Kier molecular flexibility index (Phi) is 5.86. The van der Waals surface area contributed by atoms with Gasteiger partial charge < -0.3 is 10.4 Å². The van der Waals surface area contributed by atoms with Crippen LogP contribution in [-0.4, -0.2) is 40.1 Å². The van der Waals surface area contributed by atoms with Crippen LogP contribution in [-0.2, 0) is 17.6 Å². The maximum absolute atomic E-state index is 11.9. The van der Waals surface area contributed by atoms with E-state index in [4.69, 9.17) is 5.11 Å². The second-order valence-corrected chi connectivity index (χ2v) is 6.94. The number of carbonyl (C=O) groups is 2. The first-order valence-corrected chi connectivity index (χ1v) is 9.09. The number of nitrogens with zero attached hydrogens (tertiary/aromatic N) is 1. The van der Waals surface area contributed by atoms with Crippen LogP contribution in [0.3, 0.4) is 0 Å². The lowest BCUT2D eigenvalue weighted by molar-refractivity contribution is -0.139. The minimum atomic E-state index is -1.02. The average molecular weight is 329 g/mol. The molecule has 3 N–H and O–H groups in total. The molecule has 0 unspecified atom stereocenters. The first kappa shape index (κ1) is 16.1. The summed E-state index contributed by atoms with van der Waals surface area (Å²) in [5.41, 5.74) is 1.07. The highest BCUT2D eigenvalue weighted by molar-refractivity contribution is 7.98. The quantitative estimate of drug-likeness (QED) is 0.745. The minimum Gasteiger partial charge on any atom is -0.480 e. The molecular weight excluding hydrogens is 310 g/mol. The number of carboxylic acids is 1. The van der Waals surface area contributed by atoms with E-state index in [1.807, 2.05) is 6.26 Å². The number of nitrogens with one attached hydrogen (secondary N) is 2. The first-order valence-electron chi connectivity index (χ1n) is 6.88. The molecular formula is C13H19N3O3S2. The van der Waals surface area contributed by atoms with E-state index in [2.05, 4.69) is 15.6 Å². The van der Waals surface area contributed by atoms with Gasteiger partial charge in [-0.2, -0.15) is 11.8 Å². The average Bonchev–Trinajstić information content (AvgIpc) is 2.85. The summed E-state index contributed by atoms with van der Waals surface area (Å²) in [5, 5.41) is 14.8. The number of urea groups is 1. The minimum absolute atomic E-state index is 0.401. The van der Waals surface area contributed by atoms with Gasteiger partial charge in [0, 0.05) is 4.88 Å². The van der Waals surface area contributed by atoms with Crippen LogP contribution in [0, 0.1) is 0 Å². The molecule has 116 valence electrons. The van der Waals surface area contributed by atoms with Crippen LogP contribution >= 0.6 is 23.1 Å². The van der Waals surface area contributed by atoms with Crippen molar-refractivity contribution in [2.24, 2.45) is 0 Å². The lowest BCUT2D eigenvalue weighted by Crippen LogP contribution is -2.43. The zero-order valence-electron chi connectivity index (χ0n) is 11.8. The van der Waals surface area contributed by atoms with E-state index >= 15 is 0 Å². The second kappa shape index (κ2) is 7.65. The molecule has 1 heterocycles. The highest BCUT2D eigenvalue weighted by Gasteiger charge is 2.21. The molecule has 1 atom stereocenters. The van der Waals surface area contributed by atoms with Crippen LogP contribution in [0.15, 0.2) is 0 Å². The van der Waals surface area contributed by atoms with Gasteiger partial charge in [-0.05, 0) is 44.1 Å². The van der Waals surface area contributed by atoms with Gasteiger partial charge in [0.1, 0.15) is 6.04 Å². The number of amides is 2. The molecule has 1 aromatic heterocycles. The number of thiazole rings is 1. The van der Waals surface area contributed by atoms with E-state index in [9.17, 15) is 9.59 Å². The summed E-state index contributed by atoms with van der Waals surface area (Å²) in [6, 6.07) is -1.37. The first-order chi connectivity index (χ1) is 10.1. The van der Waals surface area contributed by atoms with E-state index in [1.165, 1.54) is 16.2 Å². The van der Waals surface area contributed by atoms with Gasteiger partial charge in [-0.25, -0.2) is 14.6 Å². The van der Waals surface area contributed by atoms with Crippen LogP contribution in [0.5, 0.6) is 0 Å². The third kappa shape index (κ3) is 4.60. The molecule has 0 radical (unpaired) electrons. The van der Waals surface area contributed by atoms with Crippen LogP contribution in [0.4, 0.5) is 9.93 Å². The molecule has 2 amide bonds. The van der Waals surface area contributed by atoms with Crippen LogP contribution in [0.2, 0.25) is 0 Å². The molecule has 0 spiro atoms. The van der Waals surface area contributed by atoms with E-state index in [0.29, 0.717) is 17.3 Å². The molecule has 1 aromatic rings. The fraction of sp³-hybridized carbons (Fsp3) is 0.615. The van der Waals surface area contributed by atoms with E-state index in [0.717, 1.165) is 31.4 Å². The molecule has 0 saturated carbocycles. The number of aryl methyl sites for hydroxylation is 2. The molecule has 0 fully saturated rings. The normalized spacial score (nSPS) is 15.1. The van der Waals surface area contributed by atoms with E-state index in [-0.39, 0.29) is 0 Å². The number of carboxylic acid groups (broad SMARTS) is 1. The highest BCUT2D eigenvalue weighted by atomic mass is 32.2. The molecule has 0 aliphatic heterocycles. The summed E-state index contributed by atoms with van der Waals surface area (Å²) in [7, 11) is 0. The third-order valence-corrected chi connectivity index (χ3v) is 5.00. The number of aliphatic carboxylic acids is 1. The molecule has 0 aromatic carbocycles. The number of rotatable bonds is 6. The summed E-state index contributed by atoms with van der Waals surface area (Å²) < 4.78 is 0. The molecule has 2 rings (SSSR count). The van der Waals surface area contributed by atoms with E-state index < -0.39 is 18.0 Å². The Morgan fingerprint density at radius 2 is 2.19 bits per heavy atom. The van der Waals surface area contributed by atoms with Crippen molar-refractivity contribution in [3.8, 4) is 0 Å². The van der Waals surface area contributed by atoms with Crippen molar-refractivity contribution in [2.75, 3.05) is 17.3 Å². The Morgan fingerprint density at radius 3 is 2.86 bits per heavy atom.